The van der Waals surface area contributed by atoms with Crippen LogP contribution in [0.1, 0.15) is 30.1 Å². The quantitative estimate of drug-likeness (QED) is 0.691. The Kier molecular flexibility index (Phi) is 4.08. The fourth-order valence-corrected chi connectivity index (χ4v) is 4.26. The molecule has 8 heteroatoms. The van der Waals surface area contributed by atoms with Crippen molar-refractivity contribution in [3.05, 3.63) is 47.5 Å². The maximum Gasteiger partial charge on any atom is 0.167 e. The van der Waals surface area contributed by atoms with Gasteiger partial charge in [-0.25, -0.2) is 15.0 Å². The molecule has 2 aromatic heterocycles. The van der Waals surface area contributed by atoms with Crippen LogP contribution in [-0.2, 0) is 17.7 Å². The molecular weight excluding hydrogens is 358 g/mol. The van der Waals surface area contributed by atoms with Gasteiger partial charge < -0.3 is 19.8 Å². The van der Waals surface area contributed by atoms with Gasteiger partial charge in [-0.1, -0.05) is 24.3 Å². The number of ether oxygens (including phenoxy) is 1. The molecule has 0 amide bonds. The summed E-state index contributed by atoms with van der Waals surface area (Å²) in [6.07, 6.45) is -0.684. The van der Waals surface area contributed by atoms with Crippen LogP contribution >= 0.6 is 0 Å². The van der Waals surface area contributed by atoms with Gasteiger partial charge in [-0.15, -0.1) is 0 Å². The van der Waals surface area contributed by atoms with E-state index in [-0.39, 0.29) is 0 Å². The molecule has 28 heavy (non-hydrogen) atoms. The van der Waals surface area contributed by atoms with Gasteiger partial charge in [0, 0.05) is 13.1 Å². The van der Waals surface area contributed by atoms with Crippen LogP contribution in [0.15, 0.2) is 30.6 Å². The topological polar surface area (TPSA) is 96.5 Å². The van der Waals surface area contributed by atoms with E-state index in [1.54, 1.807) is 11.5 Å². The number of hydrogen-bond donors (Lipinski definition) is 2. The average Bonchev–Trinajstić information content (AvgIpc) is 3.17. The first-order valence-electron chi connectivity index (χ1n) is 9.57. The van der Waals surface area contributed by atoms with Crippen LogP contribution < -0.4 is 4.90 Å². The number of hydrogen-bond acceptors (Lipinski definition) is 7. The smallest absolute Gasteiger partial charge is 0.167 e. The van der Waals surface area contributed by atoms with Crippen molar-refractivity contribution in [2.45, 2.75) is 51.4 Å². The number of nitrogens with zero attached hydrogens (tertiary/aromatic N) is 5. The van der Waals surface area contributed by atoms with Crippen LogP contribution in [0.5, 0.6) is 0 Å². The van der Waals surface area contributed by atoms with Gasteiger partial charge in [0.05, 0.1) is 6.10 Å². The second-order valence-corrected chi connectivity index (χ2v) is 7.55. The number of benzene rings is 1. The van der Waals surface area contributed by atoms with E-state index in [4.69, 9.17) is 9.72 Å². The average molecular weight is 381 g/mol. The summed E-state index contributed by atoms with van der Waals surface area (Å²) in [6, 6.07) is 8.45. The summed E-state index contributed by atoms with van der Waals surface area (Å²) >= 11 is 0. The van der Waals surface area contributed by atoms with Crippen molar-refractivity contribution < 1.29 is 14.9 Å². The molecule has 2 N–H and O–H groups in total. The second-order valence-electron chi connectivity index (χ2n) is 7.55. The van der Waals surface area contributed by atoms with Crippen molar-refractivity contribution in [1.29, 1.82) is 0 Å². The van der Waals surface area contributed by atoms with Crippen LogP contribution in [0.4, 0.5) is 5.82 Å². The molecule has 0 spiro atoms. The number of rotatable bonds is 2. The van der Waals surface area contributed by atoms with Crippen molar-refractivity contribution in [3.63, 3.8) is 0 Å². The Labute approximate surface area is 162 Å². The molecule has 4 atom stereocenters. The molecule has 0 saturated carbocycles. The Morgan fingerprint density at radius 3 is 2.64 bits per heavy atom. The zero-order valence-electron chi connectivity index (χ0n) is 15.9. The maximum atomic E-state index is 10.4. The lowest BCUT2D eigenvalue weighted by Gasteiger charge is -2.29. The summed E-state index contributed by atoms with van der Waals surface area (Å²) in [5.41, 5.74) is 3.95. The van der Waals surface area contributed by atoms with E-state index >= 15 is 0 Å². The SMILES string of the molecule is Cc1nc2c(N3CCc4ccccc4C3)ncnc2n1[C@@H]1O[C@H](C)[C@@H](O)[C@H]1O. The number of anilines is 1. The molecule has 1 saturated heterocycles. The minimum absolute atomic E-state index is 0.461. The zero-order valence-corrected chi connectivity index (χ0v) is 15.9. The highest BCUT2D eigenvalue weighted by Gasteiger charge is 2.42. The summed E-state index contributed by atoms with van der Waals surface area (Å²) < 4.78 is 7.56. The van der Waals surface area contributed by atoms with Gasteiger partial charge >= 0.3 is 0 Å². The lowest BCUT2D eigenvalue weighted by molar-refractivity contribution is -0.0310. The lowest BCUT2D eigenvalue weighted by Crippen LogP contribution is -2.31. The second kappa shape index (κ2) is 6.51. The van der Waals surface area contributed by atoms with Crippen LogP contribution in [0, 0.1) is 6.92 Å². The third kappa shape index (κ3) is 2.60. The first kappa shape index (κ1) is 17.5. The number of fused-ring (bicyclic) bond motifs is 2. The molecule has 1 aromatic carbocycles. The third-order valence-corrected chi connectivity index (χ3v) is 5.80. The Morgan fingerprint density at radius 2 is 1.89 bits per heavy atom. The predicted molar refractivity (Wildman–Crippen MR) is 103 cm³/mol. The fraction of sp³-hybridized carbons (Fsp3) is 0.450. The number of aryl methyl sites for hydroxylation is 1. The normalized spacial score (nSPS) is 27.4. The van der Waals surface area contributed by atoms with Crippen LogP contribution in [0.2, 0.25) is 0 Å². The number of aliphatic hydroxyl groups excluding tert-OH is 2. The van der Waals surface area contributed by atoms with Gasteiger partial charge in [0.15, 0.2) is 23.2 Å². The highest BCUT2D eigenvalue weighted by Crippen LogP contribution is 2.35. The summed E-state index contributed by atoms with van der Waals surface area (Å²) in [4.78, 5) is 15.9. The fourth-order valence-electron chi connectivity index (χ4n) is 4.26. The highest BCUT2D eigenvalue weighted by molar-refractivity contribution is 5.84. The van der Waals surface area contributed by atoms with Gasteiger partial charge in [0.2, 0.25) is 0 Å². The molecular formula is C20H23N5O3. The molecule has 146 valence electrons. The minimum atomic E-state index is -1.04. The summed E-state index contributed by atoms with van der Waals surface area (Å²) in [5.74, 6) is 1.45. The van der Waals surface area contributed by atoms with E-state index in [0.717, 1.165) is 25.3 Å². The van der Waals surface area contributed by atoms with Gasteiger partial charge in [-0.3, -0.25) is 4.57 Å². The molecule has 0 radical (unpaired) electrons. The van der Waals surface area contributed by atoms with E-state index < -0.39 is 24.5 Å². The molecule has 0 unspecified atom stereocenters. The van der Waals surface area contributed by atoms with Crippen LogP contribution in [0.3, 0.4) is 0 Å². The number of aliphatic hydroxyl groups is 2. The zero-order chi connectivity index (χ0) is 19.4. The number of imidazole rings is 1. The Bertz CT molecular complexity index is 1040. The largest absolute Gasteiger partial charge is 0.388 e. The summed E-state index contributed by atoms with van der Waals surface area (Å²) in [7, 11) is 0. The molecule has 2 aliphatic heterocycles. The van der Waals surface area contributed by atoms with E-state index in [9.17, 15) is 10.2 Å². The van der Waals surface area contributed by atoms with Gasteiger partial charge in [0.25, 0.3) is 0 Å². The third-order valence-electron chi connectivity index (χ3n) is 5.80. The Hall–Kier alpha value is -2.55. The van der Waals surface area contributed by atoms with E-state index in [0.29, 0.717) is 17.0 Å². The van der Waals surface area contributed by atoms with Gasteiger partial charge in [0.1, 0.15) is 24.4 Å². The molecule has 3 aromatic rings. The predicted octanol–water partition coefficient (Wildman–Crippen LogP) is 1.34. The van der Waals surface area contributed by atoms with Crippen molar-refractivity contribution in [1.82, 2.24) is 19.5 Å². The van der Waals surface area contributed by atoms with Crippen molar-refractivity contribution in [2.75, 3.05) is 11.4 Å². The Balaban J connectivity index is 1.56. The van der Waals surface area contributed by atoms with Crippen molar-refractivity contribution in [2.24, 2.45) is 0 Å². The van der Waals surface area contributed by atoms with E-state index in [2.05, 4.69) is 39.1 Å². The monoisotopic (exact) mass is 381 g/mol. The Morgan fingerprint density at radius 1 is 1.11 bits per heavy atom. The summed E-state index contributed by atoms with van der Waals surface area (Å²) in [5, 5.41) is 20.5. The molecule has 5 rings (SSSR count). The van der Waals surface area contributed by atoms with Crippen LogP contribution in [0.25, 0.3) is 11.2 Å². The molecule has 4 heterocycles. The molecule has 0 aliphatic carbocycles. The molecule has 0 bridgehead atoms. The van der Waals surface area contributed by atoms with Crippen LogP contribution in [-0.4, -0.2) is 54.6 Å². The lowest BCUT2D eigenvalue weighted by atomic mass is 10.00. The highest BCUT2D eigenvalue weighted by atomic mass is 16.6. The molecule has 8 nitrogen and oxygen atoms in total. The molecule has 1 fully saturated rings. The van der Waals surface area contributed by atoms with E-state index in [1.807, 2.05) is 6.92 Å². The minimum Gasteiger partial charge on any atom is -0.388 e. The van der Waals surface area contributed by atoms with E-state index in [1.165, 1.54) is 17.5 Å². The van der Waals surface area contributed by atoms with Crippen molar-refractivity contribution >= 4 is 17.0 Å². The number of aromatic nitrogens is 4. The van der Waals surface area contributed by atoms with Gasteiger partial charge in [-0.05, 0) is 31.4 Å². The molecule has 2 aliphatic rings. The first-order chi connectivity index (χ1) is 13.5. The van der Waals surface area contributed by atoms with Crippen molar-refractivity contribution in [3.8, 4) is 0 Å². The van der Waals surface area contributed by atoms with Gasteiger partial charge in [-0.2, -0.15) is 0 Å². The maximum absolute atomic E-state index is 10.4. The summed E-state index contributed by atoms with van der Waals surface area (Å²) in [6.45, 7) is 5.22. The first-order valence-corrected chi connectivity index (χ1v) is 9.57. The standard InChI is InChI=1S/C20H23N5O3/c1-11-16(26)17(27)20(28-11)25-12(2)23-15-18(21-10-22-19(15)25)24-8-7-13-5-3-4-6-14(13)9-24/h3-6,10-11,16-17,20,26-27H,7-9H2,1-2H3/t11-,16-,17-,20-/m1/s1.